The lowest BCUT2D eigenvalue weighted by molar-refractivity contribution is 0.0988. The molecule has 0 aliphatic carbocycles. The van der Waals surface area contributed by atoms with E-state index in [0.717, 1.165) is 23.0 Å². The SMILES string of the molecule is CCC(=O)c1ccc2c(c1)cc(-c1ccccc1)n2Cc1ccccc1. The minimum Gasteiger partial charge on any atom is -0.336 e. The van der Waals surface area contributed by atoms with E-state index in [1.165, 1.54) is 16.8 Å². The van der Waals surface area contributed by atoms with Crippen molar-refractivity contribution in [1.29, 1.82) is 0 Å². The summed E-state index contributed by atoms with van der Waals surface area (Å²) >= 11 is 0. The summed E-state index contributed by atoms with van der Waals surface area (Å²) in [7, 11) is 0. The smallest absolute Gasteiger partial charge is 0.162 e. The molecule has 0 amide bonds. The molecule has 1 heterocycles. The second kappa shape index (κ2) is 7.01. The van der Waals surface area contributed by atoms with Crippen molar-refractivity contribution in [3.63, 3.8) is 0 Å². The first-order valence-electron chi connectivity index (χ1n) is 9.02. The molecule has 3 aromatic carbocycles. The van der Waals surface area contributed by atoms with Crippen LogP contribution in [0.15, 0.2) is 84.9 Å². The van der Waals surface area contributed by atoms with Gasteiger partial charge in [-0.15, -0.1) is 0 Å². The van der Waals surface area contributed by atoms with Crippen molar-refractivity contribution in [3.8, 4) is 11.3 Å². The van der Waals surface area contributed by atoms with Gasteiger partial charge in [-0.25, -0.2) is 0 Å². The Hall–Kier alpha value is -3.13. The number of hydrogen-bond donors (Lipinski definition) is 0. The monoisotopic (exact) mass is 339 g/mol. The number of hydrogen-bond acceptors (Lipinski definition) is 1. The van der Waals surface area contributed by atoms with Crippen LogP contribution in [-0.4, -0.2) is 10.4 Å². The zero-order valence-electron chi connectivity index (χ0n) is 14.9. The largest absolute Gasteiger partial charge is 0.336 e. The average molecular weight is 339 g/mol. The summed E-state index contributed by atoms with van der Waals surface area (Å²) in [5.41, 5.74) is 5.56. The van der Waals surface area contributed by atoms with E-state index in [2.05, 4.69) is 65.2 Å². The highest BCUT2D eigenvalue weighted by molar-refractivity contribution is 6.00. The Labute approximate surface area is 153 Å². The zero-order chi connectivity index (χ0) is 17.9. The third-order valence-corrected chi connectivity index (χ3v) is 4.80. The van der Waals surface area contributed by atoms with Gasteiger partial charge < -0.3 is 4.57 Å². The Morgan fingerprint density at radius 2 is 1.54 bits per heavy atom. The summed E-state index contributed by atoms with van der Waals surface area (Å²) in [6.45, 7) is 2.71. The van der Waals surface area contributed by atoms with Gasteiger partial charge in [-0.3, -0.25) is 4.79 Å². The summed E-state index contributed by atoms with van der Waals surface area (Å²) in [5.74, 6) is 0.184. The number of nitrogens with zero attached hydrogens (tertiary/aromatic N) is 1. The number of aromatic nitrogens is 1. The quantitative estimate of drug-likeness (QED) is 0.412. The normalized spacial score (nSPS) is 11.0. The van der Waals surface area contributed by atoms with E-state index >= 15 is 0 Å². The molecular formula is C24H21NO. The Kier molecular flexibility index (Phi) is 4.40. The molecule has 0 bridgehead atoms. The molecule has 0 saturated carbocycles. The number of fused-ring (bicyclic) bond motifs is 1. The molecule has 2 heteroatoms. The predicted molar refractivity (Wildman–Crippen MR) is 108 cm³/mol. The van der Waals surface area contributed by atoms with E-state index in [9.17, 15) is 4.79 Å². The summed E-state index contributed by atoms with van der Waals surface area (Å²) in [6, 6.07) is 29.1. The maximum Gasteiger partial charge on any atom is 0.162 e. The molecule has 0 N–H and O–H groups in total. The Morgan fingerprint density at radius 1 is 0.846 bits per heavy atom. The highest BCUT2D eigenvalue weighted by Crippen LogP contribution is 2.30. The van der Waals surface area contributed by atoms with Crippen molar-refractivity contribution < 1.29 is 4.79 Å². The van der Waals surface area contributed by atoms with E-state index in [0.29, 0.717) is 6.42 Å². The van der Waals surface area contributed by atoms with Crippen molar-refractivity contribution in [2.24, 2.45) is 0 Å². The van der Waals surface area contributed by atoms with Gasteiger partial charge in [0.25, 0.3) is 0 Å². The summed E-state index contributed by atoms with van der Waals surface area (Å²) < 4.78 is 2.33. The molecule has 4 aromatic rings. The zero-order valence-corrected chi connectivity index (χ0v) is 14.9. The third-order valence-electron chi connectivity index (χ3n) is 4.80. The van der Waals surface area contributed by atoms with Gasteiger partial charge >= 0.3 is 0 Å². The van der Waals surface area contributed by atoms with E-state index in [1.54, 1.807) is 0 Å². The van der Waals surface area contributed by atoms with Crippen LogP contribution in [0.2, 0.25) is 0 Å². The molecule has 0 radical (unpaired) electrons. The van der Waals surface area contributed by atoms with Crippen LogP contribution in [-0.2, 0) is 6.54 Å². The van der Waals surface area contributed by atoms with E-state index < -0.39 is 0 Å². The first-order chi connectivity index (χ1) is 12.8. The van der Waals surface area contributed by atoms with Crippen LogP contribution in [0.4, 0.5) is 0 Å². The van der Waals surface area contributed by atoms with Crippen LogP contribution in [0.1, 0.15) is 29.3 Å². The fourth-order valence-corrected chi connectivity index (χ4v) is 3.43. The lowest BCUT2D eigenvalue weighted by Crippen LogP contribution is -2.02. The molecule has 1 aromatic heterocycles. The summed E-state index contributed by atoms with van der Waals surface area (Å²) in [5, 5.41) is 1.11. The maximum atomic E-state index is 12.1. The van der Waals surface area contributed by atoms with Crippen LogP contribution >= 0.6 is 0 Å². The topological polar surface area (TPSA) is 22.0 Å². The number of ketones is 1. The Balaban J connectivity index is 1.89. The molecule has 0 spiro atoms. The lowest BCUT2D eigenvalue weighted by atomic mass is 10.1. The van der Waals surface area contributed by atoms with Crippen molar-refractivity contribution >= 4 is 16.7 Å². The molecule has 26 heavy (non-hydrogen) atoms. The molecule has 4 rings (SSSR count). The Bertz CT molecular complexity index is 1050. The fraction of sp³-hybridized carbons (Fsp3) is 0.125. The van der Waals surface area contributed by atoms with Crippen LogP contribution in [0.25, 0.3) is 22.2 Å². The summed E-state index contributed by atoms with van der Waals surface area (Å²) in [4.78, 5) is 12.1. The minimum atomic E-state index is 0.184. The molecule has 0 fully saturated rings. The number of rotatable bonds is 5. The van der Waals surface area contributed by atoms with Crippen LogP contribution in [0.3, 0.4) is 0 Å². The van der Waals surface area contributed by atoms with Crippen molar-refractivity contribution in [1.82, 2.24) is 4.57 Å². The number of carbonyl (C=O) groups excluding carboxylic acids is 1. The van der Waals surface area contributed by atoms with Gasteiger partial charge in [0.1, 0.15) is 0 Å². The first kappa shape index (κ1) is 16.3. The molecular weight excluding hydrogens is 318 g/mol. The summed E-state index contributed by atoms with van der Waals surface area (Å²) in [6.07, 6.45) is 0.530. The molecule has 0 saturated heterocycles. The standard InChI is InChI=1S/C24H21NO/c1-2-24(26)20-13-14-22-21(15-20)16-23(19-11-7-4-8-12-19)25(22)17-18-9-5-3-6-10-18/h3-16H,2,17H2,1H3. The lowest BCUT2D eigenvalue weighted by Gasteiger charge is -2.11. The second-order valence-corrected chi connectivity index (χ2v) is 6.52. The third kappa shape index (κ3) is 3.06. The van der Waals surface area contributed by atoms with E-state index in [1.807, 2.05) is 31.2 Å². The molecule has 128 valence electrons. The molecule has 0 aliphatic heterocycles. The number of Topliss-reactive ketones (excluding diaryl/α,β-unsaturated/α-hetero) is 1. The maximum absolute atomic E-state index is 12.1. The van der Waals surface area contributed by atoms with Gasteiger partial charge in [0.2, 0.25) is 0 Å². The fourth-order valence-electron chi connectivity index (χ4n) is 3.43. The molecule has 0 unspecified atom stereocenters. The van der Waals surface area contributed by atoms with Gasteiger partial charge in [-0.2, -0.15) is 0 Å². The van der Waals surface area contributed by atoms with Crippen molar-refractivity contribution in [2.45, 2.75) is 19.9 Å². The Morgan fingerprint density at radius 3 is 2.23 bits per heavy atom. The van der Waals surface area contributed by atoms with Gasteiger partial charge in [0, 0.05) is 35.1 Å². The van der Waals surface area contributed by atoms with Gasteiger partial charge in [-0.1, -0.05) is 67.6 Å². The average Bonchev–Trinajstić information content (AvgIpc) is 3.06. The number of benzene rings is 3. The van der Waals surface area contributed by atoms with Crippen LogP contribution in [0, 0.1) is 0 Å². The van der Waals surface area contributed by atoms with Crippen molar-refractivity contribution in [2.75, 3.05) is 0 Å². The highest BCUT2D eigenvalue weighted by Gasteiger charge is 2.13. The van der Waals surface area contributed by atoms with Crippen molar-refractivity contribution in [3.05, 3.63) is 96.1 Å². The predicted octanol–water partition coefficient (Wildman–Crippen LogP) is 5.95. The minimum absolute atomic E-state index is 0.184. The van der Waals surface area contributed by atoms with Gasteiger partial charge in [0.05, 0.1) is 0 Å². The van der Waals surface area contributed by atoms with E-state index in [4.69, 9.17) is 0 Å². The van der Waals surface area contributed by atoms with Gasteiger partial charge in [0.15, 0.2) is 5.78 Å². The first-order valence-corrected chi connectivity index (χ1v) is 9.02. The molecule has 2 nitrogen and oxygen atoms in total. The second-order valence-electron chi connectivity index (χ2n) is 6.52. The highest BCUT2D eigenvalue weighted by atomic mass is 16.1. The molecule has 0 atom stereocenters. The van der Waals surface area contributed by atoms with Crippen LogP contribution in [0.5, 0.6) is 0 Å². The molecule has 0 aliphatic rings. The van der Waals surface area contributed by atoms with Gasteiger partial charge in [-0.05, 0) is 35.4 Å². The number of carbonyl (C=O) groups is 1. The van der Waals surface area contributed by atoms with Crippen LogP contribution < -0.4 is 0 Å². The van der Waals surface area contributed by atoms with E-state index in [-0.39, 0.29) is 5.78 Å².